The maximum absolute atomic E-state index is 12.4. The number of aryl methyl sites for hydroxylation is 1. The maximum atomic E-state index is 12.4. The molecule has 0 radical (unpaired) electrons. The zero-order valence-corrected chi connectivity index (χ0v) is 14.1. The molecular weight excluding hydrogens is 262 g/mol. The average Bonchev–Trinajstić information content (AvgIpc) is 2.36. The van der Waals surface area contributed by atoms with Gasteiger partial charge in [-0.3, -0.25) is 9.78 Å². The maximum Gasteiger partial charge on any atom is 0.255 e. The van der Waals surface area contributed by atoms with Crippen LogP contribution in [0.4, 0.5) is 5.95 Å². The molecular formula is C17H29N3O. The van der Waals surface area contributed by atoms with Crippen LogP contribution in [0.5, 0.6) is 0 Å². The highest BCUT2D eigenvalue weighted by atomic mass is 16.1. The minimum atomic E-state index is 0.0454. The van der Waals surface area contributed by atoms with E-state index in [1.165, 1.54) is 6.42 Å². The van der Waals surface area contributed by atoms with E-state index in [0.717, 1.165) is 43.1 Å². The van der Waals surface area contributed by atoms with E-state index in [1.807, 2.05) is 6.92 Å². The van der Waals surface area contributed by atoms with Crippen molar-refractivity contribution in [2.45, 2.75) is 53.9 Å². The summed E-state index contributed by atoms with van der Waals surface area (Å²) in [5.74, 6) is 2.66. The first-order chi connectivity index (χ1) is 9.86. The highest BCUT2D eigenvalue weighted by Crippen LogP contribution is 2.24. The van der Waals surface area contributed by atoms with E-state index in [-0.39, 0.29) is 5.56 Å². The highest BCUT2D eigenvalue weighted by molar-refractivity contribution is 5.34. The molecule has 0 unspecified atom stereocenters. The molecule has 0 aliphatic carbocycles. The van der Waals surface area contributed by atoms with Crippen molar-refractivity contribution in [2.75, 3.05) is 18.0 Å². The largest absolute Gasteiger partial charge is 0.342 e. The molecule has 21 heavy (non-hydrogen) atoms. The van der Waals surface area contributed by atoms with Crippen molar-refractivity contribution in [3.8, 4) is 0 Å². The molecule has 0 spiro atoms. The third kappa shape index (κ3) is 4.08. The van der Waals surface area contributed by atoms with Crippen LogP contribution in [0.15, 0.2) is 4.79 Å². The van der Waals surface area contributed by atoms with Crippen LogP contribution < -0.4 is 10.5 Å². The first kappa shape index (κ1) is 16.1. The quantitative estimate of drug-likeness (QED) is 0.927. The van der Waals surface area contributed by atoms with E-state index < -0.39 is 0 Å². The molecule has 1 aromatic rings. The van der Waals surface area contributed by atoms with Gasteiger partial charge in [0.15, 0.2) is 0 Å². The lowest BCUT2D eigenvalue weighted by atomic mass is 9.92. The van der Waals surface area contributed by atoms with Gasteiger partial charge < -0.3 is 4.90 Å². The van der Waals surface area contributed by atoms with E-state index in [9.17, 15) is 4.79 Å². The Balaban J connectivity index is 2.21. The van der Waals surface area contributed by atoms with Gasteiger partial charge in [-0.1, -0.05) is 27.7 Å². The molecule has 2 atom stereocenters. The predicted octanol–water partition coefficient (Wildman–Crippen LogP) is 3.15. The number of aromatic amines is 1. The summed E-state index contributed by atoms with van der Waals surface area (Å²) in [4.78, 5) is 22.3. The Kier molecular flexibility index (Phi) is 5.07. The second-order valence-electron chi connectivity index (χ2n) is 7.24. The third-order valence-corrected chi connectivity index (χ3v) is 4.35. The van der Waals surface area contributed by atoms with Crippen LogP contribution in [0.1, 0.15) is 51.8 Å². The molecule has 1 N–H and O–H groups in total. The lowest BCUT2D eigenvalue weighted by Gasteiger charge is -2.35. The van der Waals surface area contributed by atoms with E-state index in [1.54, 1.807) is 0 Å². The summed E-state index contributed by atoms with van der Waals surface area (Å²) in [5.41, 5.74) is 1.79. The van der Waals surface area contributed by atoms with Gasteiger partial charge in [-0.2, -0.15) is 0 Å². The smallest absolute Gasteiger partial charge is 0.255 e. The molecule has 1 saturated heterocycles. The van der Waals surface area contributed by atoms with Crippen LogP contribution in [0.2, 0.25) is 0 Å². The van der Waals surface area contributed by atoms with Crippen LogP contribution in [0.25, 0.3) is 0 Å². The molecule has 2 rings (SSSR count). The van der Waals surface area contributed by atoms with Gasteiger partial charge in [-0.05, 0) is 43.9 Å². The Bertz CT molecular complexity index is 525. The zero-order valence-electron chi connectivity index (χ0n) is 14.1. The summed E-state index contributed by atoms with van der Waals surface area (Å²) in [6.45, 7) is 12.8. The molecule has 4 heteroatoms. The van der Waals surface area contributed by atoms with E-state index in [4.69, 9.17) is 0 Å². The number of hydrogen-bond acceptors (Lipinski definition) is 3. The Morgan fingerprint density at radius 1 is 1.29 bits per heavy atom. The first-order valence-electron chi connectivity index (χ1n) is 8.21. The fourth-order valence-corrected chi connectivity index (χ4v) is 3.31. The summed E-state index contributed by atoms with van der Waals surface area (Å²) < 4.78 is 0. The standard InChI is InChI=1S/C17H29N3O/c1-11(2)6-7-15-14(5)18-17(19-16(15)21)20-9-12(3)8-13(4)10-20/h11-13H,6-10H2,1-5H3,(H,18,19,21)/t12-,13-/m1/s1. The summed E-state index contributed by atoms with van der Waals surface area (Å²) in [6, 6.07) is 0. The third-order valence-electron chi connectivity index (χ3n) is 4.35. The van der Waals surface area contributed by atoms with Gasteiger partial charge >= 0.3 is 0 Å². The zero-order chi connectivity index (χ0) is 15.6. The van der Waals surface area contributed by atoms with E-state index in [0.29, 0.717) is 17.8 Å². The number of nitrogens with zero attached hydrogens (tertiary/aromatic N) is 2. The van der Waals surface area contributed by atoms with Gasteiger partial charge in [0.25, 0.3) is 5.56 Å². The fourth-order valence-electron chi connectivity index (χ4n) is 3.31. The minimum Gasteiger partial charge on any atom is -0.342 e. The van der Waals surface area contributed by atoms with Crippen molar-refractivity contribution in [1.82, 2.24) is 9.97 Å². The van der Waals surface area contributed by atoms with Crippen molar-refractivity contribution in [3.05, 3.63) is 21.6 Å². The van der Waals surface area contributed by atoms with Crippen LogP contribution >= 0.6 is 0 Å². The van der Waals surface area contributed by atoms with Gasteiger partial charge in [0.1, 0.15) is 0 Å². The highest BCUT2D eigenvalue weighted by Gasteiger charge is 2.24. The Morgan fingerprint density at radius 2 is 1.90 bits per heavy atom. The molecule has 1 fully saturated rings. The van der Waals surface area contributed by atoms with Gasteiger partial charge in [0.2, 0.25) is 5.95 Å². The summed E-state index contributed by atoms with van der Waals surface area (Å²) in [6.07, 6.45) is 3.10. The number of H-pyrrole nitrogens is 1. The number of hydrogen-bond donors (Lipinski definition) is 1. The summed E-state index contributed by atoms with van der Waals surface area (Å²) in [5, 5.41) is 0. The van der Waals surface area contributed by atoms with Crippen LogP contribution in [-0.2, 0) is 6.42 Å². The second-order valence-corrected chi connectivity index (χ2v) is 7.24. The average molecular weight is 291 g/mol. The number of aromatic nitrogens is 2. The first-order valence-corrected chi connectivity index (χ1v) is 8.21. The molecule has 1 aliphatic heterocycles. The van der Waals surface area contributed by atoms with Gasteiger partial charge in [0, 0.05) is 24.3 Å². The lowest BCUT2D eigenvalue weighted by Crippen LogP contribution is -2.40. The Labute approximate surface area is 128 Å². The van der Waals surface area contributed by atoms with Gasteiger partial charge in [-0.25, -0.2) is 4.98 Å². The summed E-state index contributed by atoms with van der Waals surface area (Å²) in [7, 11) is 0. The van der Waals surface area contributed by atoms with Crippen LogP contribution in [-0.4, -0.2) is 23.1 Å². The van der Waals surface area contributed by atoms with E-state index >= 15 is 0 Å². The molecule has 118 valence electrons. The predicted molar refractivity (Wildman–Crippen MR) is 87.9 cm³/mol. The van der Waals surface area contributed by atoms with Crippen molar-refractivity contribution in [3.63, 3.8) is 0 Å². The monoisotopic (exact) mass is 291 g/mol. The van der Waals surface area contributed by atoms with Crippen LogP contribution in [0.3, 0.4) is 0 Å². The van der Waals surface area contributed by atoms with Gasteiger partial charge in [-0.15, -0.1) is 0 Å². The molecule has 2 heterocycles. The molecule has 0 saturated carbocycles. The lowest BCUT2D eigenvalue weighted by molar-refractivity contribution is 0.353. The SMILES string of the molecule is Cc1nc(N2C[C@H](C)C[C@@H](C)C2)[nH]c(=O)c1CCC(C)C. The molecule has 0 amide bonds. The topological polar surface area (TPSA) is 49.0 Å². The molecule has 4 nitrogen and oxygen atoms in total. The molecule has 0 aromatic carbocycles. The van der Waals surface area contributed by atoms with Gasteiger partial charge in [0.05, 0.1) is 0 Å². The van der Waals surface area contributed by atoms with Crippen LogP contribution in [0, 0.1) is 24.7 Å². The number of nitrogens with one attached hydrogen (secondary N) is 1. The number of rotatable bonds is 4. The van der Waals surface area contributed by atoms with E-state index in [2.05, 4.69) is 42.6 Å². The Morgan fingerprint density at radius 3 is 2.43 bits per heavy atom. The number of piperidine rings is 1. The molecule has 0 bridgehead atoms. The molecule has 1 aromatic heterocycles. The molecule has 1 aliphatic rings. The van der Waals surface area contributed by atoms with Crippen molar-refractivity contribution in [1.29, 1.82) is 0 Å². The van der Waals surface area contributed by atoms with Crippen molar-refractivity contribution < 1.29 is 0 Å². The summed E-state index contributed by atoms with van der Waals surface area (Å²) >= 11 is 0. The normalized spacial score (nSPS) is 22.9. The Hall–Kier alpha value is -1.32. The van der Waals surface area contributed by atoms with Crippen molar-refractivity contribution >= 4 is 5.95 Å². The second kappa shape index (κ2) is 6.63. The van der Waals surface area contributed by atoms with Crippen molar-refractivity contribution in [2.24, 2.45) is 17.8 Å². The minimum absolute atomic E-state index is 0.0454. The number of anilines is 1. The fraction of sp³-hybridized carbons (Fsp3) is 0.765.